The first-order valence-electron chi connectivity index (χ1n) is 5.57. The van der Waals surface area contributed by atoms with E-state index in [9.17, 15) is 17.9 Å². The fraction of sp³-hybridized carbons (Fsp3) is 0.0769. The third kappa shape index (κ3) is 3.02. The van der Waals surface area contributed by atoms with Crippen LogP contribution in [0, 0.1) is 12.7 Å². The van der Waals surface area contributed by atoms with Gasteiger partial charge in [-0.25, -0.2) is 12.8 Å². The number of nitrogens with one attached hydrogen (secondary N) is 1. The topological polar surface area (TPSA) is 66.4 Å². The summed E-state index contributed by atoms with van der Waals surface area (Å²) in [5, 5.41) is 9.55. The van der Waals surface area contributed by atoms with Crippen LogP contribution in [0.1, 0.15) is 5.56 Å². The molecular formula is C13H11ClFNO3S. The lowest BCUT2D eigenvalue weighted by molar-refractivity contribution is 0.476. The zero-order valence-electron chi connectivity index (χ0n) is 10.4. The van der Waals surface area contributed by atoms with Gasteiger partial charge in [0.15, 0.2) is 0 Å². The maximum absolute atomic E-state index is 13.2. The van der Waals surface area contributed by atoms with Gasteiger partial charge >= 0.3 is 0 Å². The van der Waals surface area contributed by atoms with Crippen molar-refractivity contribution in [3.05, 3.63) is 52.8 Å². The molecule has 0 radical (unpaired) electrons. The maximum Gasteiger partial charge on any atom is 0.262 e. The number of aryl methyl sites for hydroxylation is 1. The minimum absolute atomic E-state index is 0.106. The predicted octanol–water partition coefficient (Wildman–Crippen LogP) is 3.29. The first kappa shape index (κ1) is 14.6. The molecule has 0 atom stereocenters. The zero-order chi connectivity index (χ0) is 14.9. The van der Waals surface area contributed by atoms with Crippen molar-refractivity contribution in [2.75, 3.05) is 4.72 Å². The summed E-state index contributed by atoms with van der Waals surface area (Å²) in [5.74, 6) is -0.891. The number of halogens is 2. The summed E-state index contributed by atoms with van der Waals surface area (Å²) in [6.07, 6.45) is 0. The van der Waals surface area contributed by atoms with E-state index in [1.54, 1.807) is 6.92 Å². The minimum Gasteiger partial charge on any atom is -0.506 e. The number of hydrogen-bond donors (Lipinski definition) is 2. The molecule has 0 saturated carbocycles. The number of benzene rings is 2. The first-order chi connectivity index (χ1) is 9.29. The van der Waals surface area contributed by atoms with Crippen molar-refractivity contribution in [2.24, 2.45) is 0 Å². The Morgan fingerprint density at radius 1 is 1.20 bits per heavy atom. The van der Waals surface area contributed by atoms with Gasteiger partial charge < -0.3 is 5.11 Å². The van der Waals surface area contributed by atoms with Crippen LogP contribution in [0.3, 0.4) is 0 Å². The number of aromatic hydroxyl groups is 1. The second-order valence-electron chi connectivity index (χ2n) is 4.18. The van der Waals surface area contributed by atoms with E-state index < -0.39 is 15.8 Å². The number of phenols is 1. The van der Waals surface area contributed by atoms with Crippen LogP contribution in [0.2, 0.25) is 5.02 Å². The van der Waals surface area contributed by atoms with Crippen LogP contribution in [0.4, 0.5) is 10.1 Å². The van der Waals surface area contributed by atoms with Gasteiger partial charge in [-0.1, -0.05) is 17.7 Å². The van der Waals surface area contributed by atoms with Crippen LogP contribution < -0.4 is 4.72 Å². The number of sulfonamides is 1. The molecule has 0 amide bonds. The molecule has 0 heterocycles. The molecule has 0 unspecified atom stereocenters. The van der Waals surface area contributed by atoms with Crippen LogP contribution >= 0.6 is 11.6 Å². The molecule has 0 aliphatic rings. The highest BCUT2D eigenvalue weighted by Gasteiger charge is 2.18. The molecule has 106 valence electrons. The van der Waals surface area contributed by atoms with Gasteiger partial charge in [-0.05, 0) is 36.8 Å². The first-order valence-corrected chi connectivity index (χ1v) is 7.43. The highest BCUT2D eigenvalue weighted by atomic mass is 35.5. The van der Waals surface area contributed by atoms with Gasteiger partial charge in [0.05, 0.1) is 15.6 Å². The highest BCUT2D eigenvalue weighted by molar-refractivity contribution is 7.92. The minimum atomic E-state index is -3.94. The van der Waals surface area contributed by atoms with E-state index in [-0.39, 0.29) is 21.4 Å². The third-order valence-electron chi connectivity index (χ3n) is 2.64. The summed E-state index contributed by atoms with van der Waals surface area (Å²) in [4.78, 5) is -0.160. The van der Waals surface area contributed by atoms with Gasteiger partial charge in [0.25, 0.3) is 10.0 Å². The van der Waals surface area contributed by atoms with Crippen molar-refractivity contribution in [1.82, 2.24) is 0 Å². The normalized spacial score (nSPS) is 11.3. The quantitative estimate of drug-likeness (QED) is 0.913. The summed E-state index contributed by atoms with van der Waals surface area (Å²) < 4.78 is 39.8. The lowest BCUT2D eigenvalue weighted by Gasteiger charge is -2.11. The summed E-state index contributed by atoms with van der Waals surface area (Å²) >= 11 is 5.64. The van der Waals surface area contributed by atoms with Crippen LogP contribution in [-0.2, 0) is 10.0 Å². The molecule has 4 nitrogen and oxygen atoms in total. The molecule has 2 rings (SSSR count). The summed E-state index contributed by atoms with van der Waals surface area (Å²) in [7, 11) is -3.94. The molecule has 2 aromatic carbocycles. The maximum atomic E-state index is 13.2. The van der Waals surface area contributed by atoms with Crippen molar-refractivity contribution < 1.29 is 17.9 Å². The second kappa shape index (κ2) is 5.30. The number of phenolic OH excluding ortho intramolecular Hbond substituents is 1. The third-order valence-corrected chi connectivity index (χ3v) is 4.48. The van der Waals surface area contributed by atoms with Crippen molar-refractivity contribution >= 4 is 27.3 Å². The SMILES string of the molecule is Cc1ccc(F)cc1S(=O)(=O)Nc1ccc(Cl)c(O)c1. The lowest BCUT2D eigenvalue weighted by atomic mass is 10.2. The van der Waals surface area contributed by atoms with E-state index in [0.717, 1.165) is 6.07 Å². The molecule has 0 aliphatic heterocycles. The summed E-state index contributed by atoms with van der Waals surface area (Å²) in [5.41, 5.74) is 0.549. The predicted molar refractivity (Wildman–Crippen MR) is 75.1 cm³/mol. The molecule has 0 bridgehead atoms. The average molecular weight is 316 g/mol. The molecule has 2 aromatic rings. The summed E-state index contributed by atoms with van der Waals surface area (Å²) in [6, 6.07) is 7.43. The number of hydrogen-bond acceptors (Lipinski definition) is 3. The van der Waals surface area contributed by atoms with E-state index in [2.05, 4.69) is 4.72 Å². The Labute approximate surface area is 120 Å². The monoisotopic (exact) mass is 315 g/mol. The standard InChI is InChI=1S/C13H11ClFNO3S/c1-8-2-3-9(15)6-13(8)20(18,19)16-10-4-5-11(14)12(17)7-10/h2-7,16-17H,1H3. The summed E-state index contributed by atoms with van der Waals surface area (Å²) in [6.45, 7) is 1.56. The molecule has 20 heavy (non-hydrogen) atoms. The molecule has 0 aromatic heterocycles. The molecule has 7 heteroatoms. The molecule has 0 saturated heterocycles. The van der Waals surface area contributed by atoms with E-state index in [1.807, 2.05) is 0 Å². The van der Waals surface area contributed by atoms with E-state index in [4.69, 9.17) is 11.6 Å². The van der Waals surface area contributed by atoms with Gasteiger partial charge in [0.2, 0.25) is 0 Å². The lowest BCUT2D eigenvalue weighted by Crippen LogP contribution is -2.14. The van der Waals surface area contributed by atoms with Gasteiger partial charge in [0.1, 0.15) is 11.6 Å². The Balaban J connectivity index is 2.40. The van der Waals surface area contributed by atoms with Crippen molar-refractivity contribution in [2.45, 2.75) is 11.8 Å². The fourth-order valence-electron chi connectivity index (χ4n) is 1.65. The van der Waals surface area contributed by atoms with Crippen LogP contribution in [0.5, 0.6) is 5.75 Å². The van der Waals surface area contributed by atoms with Crippen molar-refractivity contribution in [1.29, 1.82) is 0 Å². The largest absolute Gasteiger partial charge is 0.506 e. The Morgan fingerprint density at radius 3 is 2.55 bits per heavy atom. The number of anilines is 1. The van der Waals surface area contributed by atoms with Crippen LogP contribution in [0.15, 0.2) is 41.3 Å². The Morgan fingerprint density at radius 2 is 1.90 bits per heavy atom. The van der Waals surface area contributed by atoms with E-state index >= 15 is 0 Å². The molecule has 0 spiro atoms. The molecule has 2 N–H and O–H groups in total. The van der Waals surface area contributed by atoms with E-state index in [0.29, 0.717) is 5.56 Å². The molecule has 0 aliphatic carbocycles. The molecule has 0 fully saturated rings. The van der Waals surface area contributed by atoms with Crippen LogP contribution in [-0.4, -0.2) is 13.5 Å². The van der Waals surface area contributed by atoms with Gasteiger partial charge in [0, 0.05) is 6.07 Å². The van der Waals surface area contributed by atoms with Crippen molar-refractivity contribution in [3.63, 3.8) is 0 Å². The Bertz CT molecular complexity index is 762. The highest BCUT2D eigenvalue weighted by Crippen LogP contribution is 2.28. The Kier molecular flexibility index (Phi) is 3.87. The smallest absolute Gasteiger partial charge is 0.262 e. The number of rotatable bonds is 3. The van der Waals surface area contributed by atoms with Gasteiger partial charge in [-0.15, -0.1) is 0 Å². The Hall–Kier alpha value is -1.79. The van der Waals surface area contributed by atoms with Crippen LogP contribution in [0.25, 0.3) is 0 Å². The average Bonchev–Trinajstić information content (AvgIpc) is 2.36. The molecular weight excluding hydrogens is 305 g/mol. The van der Waals surface area contributed by atoms with Crippen molar-refractivity contribution in [3.8, 4) is 5.75 Å². The van der Waals surface area contributed by atoms with Gasteiger partial charge in [-0.2, -0.15) is 0 Å². The fourth-order valence-corrected chi connectivity index (χ4v) is 3.07. The second-order valence-corrected chi connectivity index (χ2v) is 6.24. The van der Waals surface area contributed by atoms with Gasteiger partial charge in [-0.3, -0.25) is 4.72 Å². The van der Waals surface area contributed by atoms with E-state index in [1.165, 1.54) is 30.3 Å². The zero-order valence-corrected chi connectivity index (χ0v) is 12.0.